The van der Waals surface area contributed by atoms with Gasteiger partial charge in [0.1, 0.15) is 0 Å². The third-order valence-corrected chi connectivity index (χ3v) is 6.16. The minimum atomic E-state index is -0.212. The molecular formula is C20H13IN2O5. The summed E-state index contributed by atoms with van der Waals surface area (Å²) in [6, 6.07) is 9.66. The molecule has 6 rings (SSSR count). The van der Waals surface area contributed by atoms with Gasteiger partial charge in [-0.15, -0.1) is 0 Å². The minimum absolute atomic E-state index is 0.152. The van der Waals surface area contributed by atoms with Crippen LogP contribution in [-0.4, -0.2) is 24.5 Å². The Bertz CT molecular complexity index is 1210. The Morgan fingerprint density at radius 2 is 1.71 bits per heavy atom. The zero-order chi connectivity index (χ0) is 19.0. The lowest BCUT2D eigenvalue weighted by atomic mass is 9.89. The van der Waals surface area contributed by atoms with E-state index in [0.29, 0.717) is 35.1 Å². The largest absolute Gasteiger partial charge is 0.454 e. The Kier molecular flexibility index (Phi) is 3.28. The lowest BCUT2D eigenvalue weighted by molar-refractivity contribution is 0.0779. The highest BCUT2D eigenvalue weighted by Gasteiger charge is 2.34. The molecule has 140 valence electrons. The fourth-order valence-corrected chi connectivity index (χ4v) is 4.76. The number of carbonyl (C=O) groups excluding carboxylic acids is 1. The third-order valence-electron chi connectivity index (χ3n) is 5.27. The van der Waals surface area contributed by atoms with Crippen LogP contribution in [0.2, 0.25) is 0 Å². The van der Waals surface area contributed by atoms with E-state index in [1.807, 2.05) is 30.3 Å². The van der Waals surface area contributed by atoms with E-state index in [1.165, 1.54) is 5.01 Å². The number of rotatable bonds is 1. The highest BCUT2D eigenvalue weighted by atomic mass is 127. The van der Waals surface area contributed by atoms with Crippen molar-refractivity contribution in [3.8, 4) is 34.1 Å². The van der Waals surface area contributed by atoms with Crippen LogP contribution < -0.4 is 24.8 Å². The fourth-order valence-electron chi connectivity index (χ4n) is 4.06. The summed E-state index contributed by atoms with van der Waals surface area (Å²) >= 11 is 2.28. The summed E-state index contributed by atoms with van der Waals surface area (Å²) in [5.74, 6) is 8.41. The Labute approximate surface area is 173 Å². The second-order valence-corrected chi connectivity index (χ2v) is 7.96. The predicted octanol–water partition coefficient (Wildman–Crippen LogP) is 3.40. The summed E-state index contributed by atoms with van der Waals surface area (Å²) in [5, 5.41) is 3.09. The number of hydrogen-bond acceptors (Lipinski definition) is 6. The molecule has 3 aromatic carbocycles. The lowest BCUT2D eigenvalue weighted by Gasteiger charge is -2.15. The van der Waals surface area contributed by atoms with Gasteiger partial charge in [-0.1, -0.05) is 6.07 Å². The van der Waals surface area contributed by atoms with E-state index in [2.05, 4.69) is 22.6 Å². The van der Waals surface area contributed by atoms with Crippen molar-refractivity contribution >= 4 is 39.3 Å². The molecular weight excluding hydrogens is 475 g/mol. The van der Waals surface area contributed by atoms with Crippen molar-refractivity contribution in [2.24, 2.45) is 5.84 Å². The van der Waals surface area contributed by atoms with Crippen LogP contribution in [0.15, 0.2) is 30.3 Å². The van der Waals surface area contributed by atoms with E-state index in [4.69, 9.17) is 24.8 Å². The Morgan fingerprint density at radius 3 is 2.61 bits per heavy atom. The molecule has 3 aliphatic rings. The fraction of sp³-hybridized carbons (Fsp3) is 0.150. The van der Waals surface area contributed by atoms with E-state index in [9.17, 15) is 4.79 Å². The lowest BCUT2D eigenvalue weighted by Crippen LogP contribution is -2.30. The van der Waals surface area contributed by atoms with Gasteiger partial charge in [-0.25, -0.2) is 5.84 Å². The van der Waals surface area contributed by atoms with Crippen LogP contribution in [0.4, 0.5) is 0 Å². The summed E-state index contributed by atoms with van der Waals surface area (Å²) in [7, 11) is 0. The van der Waals surface area contributed by atoms with Crippen molar-refractivity contribution in [3.05, 3.63) is 45.0 Å². The van der Waals surface area contributed by atoms with Crippen molar-refractivity contribution in [1.82, 2.24) is 5.01 Å². The number of nitrogens with two attached hydrogens (primary N) is 1. The van der Waals surface area contributed by atoms with Gasteiger partial charge in [-0.2, -0.15) is 0 Å². The van der Waals surface area contributed by atoms with Gasteiger partial charge < -0.3 is 18.9 Å². The average Bonchev–Trinajstić information content (AvgIpc) is 3.40. The van der Waals surface area contributed by atoms with Crippen LogP contribution in [0.3, 0.4) is 0 Å². The molecule has 2 N–H and O–H groups in total. The molecule has 0 atom stereocenters. The molecule has 0 unspecified atom stereocenters. The summed E-state index contributed by atoms with van der Waals surface area (Å²) in [5.41, 5.74) is 3.11. The van der Waals surface area contributed by atoms with Gasteiger partial charge in [0, 0.05) is 19.9 Å². The quantitative estimate of drug-likeness (QED) is 0.321. The number of hydrogen-bond donors (Lipinski definition) is 1. The molecule has 0 bridgehead atoms. The molecule has 0 fully saturated rings. The first-order chi connectivity index (χ1) is 13.6. The standard InChI is InChI=1S/C20H13IN2O5/c21-12-5-15-19(28-8-27-15)18-11(12)3-10-6-23(22)20(24)17(10)16(18)9-1-2-13-14(4-9)26-7-25-13/h1-5H,6-8,22H2. The molecule has 0 saturated carbocycles. The molecule has 3 heterocycles. The topological polar surface area (TPSA) is 83.2 Å². The van der Waals surface area contributed by atoms with Crippen molar-refractivity contribution < 1.29 is 23.7 Å². The number of hydrazine groups is 1. The molecule has 3 aliphatic heterocycles. The third kappa shape index (κ3) is 2.09. The number of amides is 1. The molecule has 0 radical (unpaired) electrons. The molecule has 0 aromatic heterocycles. The molecule has 7 nitrogen and oxygen atoms in total. The number of carbonyl (C=O) groups is 1. The van der Waals surface area contributed by atoms with Crippen LogP contribution >= 0.6 is 22.6 Å². The van der Waals surface area contributed by atoms with E-state index < -0.39 is 0 Å². The average molecular weight is 488 g/mol. The maximum absolute atomic E-state index is 12.9. The molecule has 3 aromatic rings. The maximum atomic E-state index is 12.9. The highest BCUT2D eigenvalue weighted by Crippen LogP contribution is 2.50. The molecule has 0 aliphatic carbocycles. The number of benzene rings is 3. The van der Waals surface area contributed by atoms with Gasteiger partial charge in [-0.3, -0.25) is 9.80 Å². The monoisotopic (exact) mass is 488 g/mol. The minimum Gasteiger partial charge on any atom is -0.454 e. The molecule has 28 heavy (non-hydrogen) atoms. The van der Waals surface area contributed by atoms with Crippen LogP contribution in [0.1, 0.15) is 15.9 Å². The highest BCUT2D eigenvalue weighted by molar-refractivity contribution is 14.1. The number of fused-ring (bicyclic) bond motifs is 5. The zero-order valence-corrected chi connectivity index (χ0v) is 16.6. The number of nitrogens with zero attached hydrogens (tertiary/aromatic N) is 1. The Morgan fingerprint density at radius 1 is 0.929 bits per heavy atom. The van der Waals surface area contributed by atoms with Crippen molar-refractivity contribution in [1.29, 1.82) is 0 Å². The maximum Gasteiger partial charge on any atom is 0.269 e. The SMILES string of the molecule is NN1Cc2cc3c(I)cc4c(c3c(-c3ccc5c(c3)OCO5)c2C1=O)OCO4. The van der Waals surface area contributed by atoms with Gasteiger partial charge in [0.2, 0.25) is 13.6 Å². The van der Waals surface area contributed by atoms with E-state index >= 15 is 0 Å². The number of halogens is 1. The van der Waals surface area contributed by atoms with E-state index in [-0.39, 0.29) is 19.5 Å². The van der Waals surface area contributed by atoms with Crippen molar-refractivity contribution in [2.45, 2.75) is 6.54 Å². The van der Waals surface area contributed by atoms with Crippen LogP contribution in [0.5, 0.6) is 23.0 Å². The predicted molar refractivity (Wildman–Crippen MR) is 108 cm³/mol. The summed E-state index contributed by atoms with van der Waals surface area (Å²) in [6.45, 7) is 0.706. The first-order valence-corrected chi connectivity index (χ1v) is 9.74. The Hall–Kier alpha value is -2.72. The Balaban J connectivity index is 1.77. The van der Waals surface area contributed by atoms with Crippen LogP contribution in [-0.2, 0) is 6.54 Å². The normalized spacial score (nSPS) is 16.2. The molecule has 1 amide bonds. The van der Waals surface area contributed by atoms with Crippen LogP contribution in [0, 0.1) is 3.57 Å². The van der Waals surface area contributed by atoms with Gasteiger partial charge in [0.15, 0.2) is 23.0 Å². The van der Waals surface area contributed by atoms with Gasteiger partial charge in [0.25, 0.3) is 5.91 Å². The summed E-state index contributed by atoms with van der Waals surface area (Å²) in [4.78, 5) is 12.9. The summed E-state index contributed by atoms with van der Waals surface area (Å²) in [6.07, 6.45) is 0. The second-order valence-electron chi connectivity index (χ2n) is 6.80. The van der Waals surface area contributed by atoms with E-state index in [1.54, 1.807) is 0 Å². The van der Waals surface area contributed by atoms with Gasteiger partial charge in [-0.05, 0) is 58.0 Å². The van der Waals surface area contributed by atoms with Crippen LogP contribution in [0.25, 0.3) is 21.9 Å². The summed E-state index contributed by atoms with van der Waals surface area (Å²) < 4.78 is 23.4. The first kappa shape index (κ1) is 16.3. The number of ether oxygens (including phenoxy) is 4. The van der Waals surface area contributed by atoms with Crippen molar-refractivity contribution in [3.63, 3.8) is 0 Å². The molecule has 0 spiro atoms. The van der Waals surface area contributed by atoms with Gasteiger partial charge in [0.05, 0.1) is 12.1 Å². The molecule has 0 saturated heterocycles. The smallest absolute Gasteiger partial charge is 0.269 e. The second kappa shape index (κ2) is 5.65. The first-order valence-electron chi connectivity index (χ1n) is 8.66. The molecule has 8 heteroatoms. The zero-order valence-electron chi connectivity index (χ0n) is 14.5. The van der Waals surface area contributed by atoms with E-state index in [0.717, 1.165) is 31.0 Å². The van der Waals surface area contributed by atoms with Crippen molar-refractivity contribution in [2.75, 3.05) is 13.6 Å². The van der Waals surface area contributed by atoms with Gasteiger partial charge >= 0.3 is 0 Å².